The summed E-state index contributed by atoms with van der Waals surface area (Å²) >= 11 is 11.6. The van der Waals surface area contributed by atoms with Crippen molar-refractivity contribution in [2.45, 2.75) is 39.3 Å². The van der Waals surface area contributed by atoms with Crippen LogP contribution < -0.4 is 11.4 Å². The molecule has 0 aliphatic heterocycles. The van der Waals surface area contributed by atoms with E-state index in [-0.39, 0.29) is 35.0 Å². The fourth-order valence-corrected chi connectivity index (χ4v) is 6.00. The Morgan fingerprint density at radius 3 is 1.29 bits per heavy atom. The van der Waals surface area contributed by atoms with E-state index in [1.807, 2.05) is 0 Å². The Bertz CT molecular complexity index is 2640. The lowest BCUT2D eigenvalue weighted by Crippen LogP contribution is -2.17. The molecule has 0 atom stereocenters. The minimum Gasteiger partial charge on any atom is -0.303 e. The lowest BCUT2D eigenvalue weighted by molar-refractivity contribution is -0.142. The number of nitrogens with one attached hydrogen (secondary N) is 2. The Morgan fingerprint density at radius 1 is 0.607 bits per heavy atom. The minimum atomic E-state index is -4.50. The molecule has 0 aliphatic carbocycles. The average Bonchev–Trinajstić information content (AvgIpc) is 3.89. The molecular weight excluding hydrogens is 793 g/mol. The van der Waals surface area contributed by atoms with Crippen LogP contribution in [0.4, 0.5) is 26.3 Å². The second-order valence-corrected chi connectivity index (χ2v) is 13.0. The van der Waals surface area contributed by atoms with Gasteiger partial charge in [0, 0.05) is 11.4 Å². The van der Waals surface area contributed by atoms with Gasteiger partial charge >= 0.3 is 23.7 Å². The number of H-pyrrole nitrogens is 2. The molecule has 22 heteroatoms. The summed E-state index contributed by atoms with van der Waals surface area (Å²) in [4.78, 5) is 45.4. The van der Waals surface area contributed by atoms with Crippen molar-refractivity contribution in [3.05, 3.63) is 138 Å². The predicted octanol–water partition coefficient (Wildman–Crippen LogP) is 6.67. The molecule has 2 N–H and O–H groups in total. The molecule has 14 nitrogen and oxygen atoms in total. The number of benzene rings is 2. The van der Waals surface area contributed by atoms with Crippen LogP contribution in [0.5, 0.6) is 0 Å². The number of aryl methyl sites for hydroxylation is 2. The highest BCUT2D eigenvalue weighted by Crippen LogP contribution is 2.30. The Labute approximate surface area is 319 Å². The SMILES string of the molecule is Cc1cc(C(F)(F)F)nn1-c1ccc(Cn2c(=O)[nH]c3cnc(Cl)nc32)cc1.Cc1cc(C(F)(F)F)nn1-c1ccc(Cn2c(=O)[nH]c3cnc(Cl)nc32)cc1. The van der Waals surface area contributed by atoms with E-state index in [0.717, 1.165) is 23.3 Å². The molecule has 0 bridgehead atoms. The quantitative estimate of drug-likeness (QED) is 0.139. The Hall–Kier alpha value is -6.28. The van der Waals surface area contributed by atoms with Crippen LogP contribution >= 0.6 is 23.2 Å². The predicted molar refractivity (Wildman–Crippen MR) is 191 cm³/mol. The van der Waals surface area contributed by atoms with E-state index in [2.05, 4.69) is 40.1 Å². The van der Waals surface area contributed by atoms with Gasteiger partial charge in [-0.25, -0.2) is 28.9 Å². The van der Waals surface area contributed by atoms with Crippen LogP contribution in [0.2, 0.25) is 10.6 Å². The van der Waals surface area contributed by atoms with Crippen molar-refractivity contribution < 1.29 is 26.3 Å². The fourth-order valence-electron chi connectivity index (χ4n) is 5.74. The molecule has 0 aliphatic rings. The number of rotatable bonds is 6. The second-order valence-electron chi connectivity index (χ2n) is 12.3. The zero-order chi connectivity index (χ0) is 40.1. The molecule has 0 fully saturated rings. The summed E-state index contributed by atoms with van der Waals surface area (Å²) in [7, 11) is 0. The van der Waals surface area contributed by atoms with Crippen molar-refractivity contribution in [2.24, 2.45) is 0 Å². The van der Waals surface area contributed by atoms with Crippen molar-refractivity contribution in [3.63, 3.8) is 0 Å². The highest BCUT2D eigenvalue weighted by Gasteiger charge is 2.35. The van der Waals surface area contributed by atoms with Gasteiger partial charge in [0.05, 0.1) is 36.9 Å². The summed E-state index contributed by atoms with van der Waals surface area (Å²) in [5.41, 5.74) is 2.20. The molecule has 8 rings (SSSR count). The average molecular weight is 818 g/mol. The van der Waals surface area contributed by atoms with Gasteiger partial charge in [0.25, 0.3) is 0 Å². The van der Waals surface area contributed by atoms with E-state index in [1.54, 1.807) is 62.4 Å². The number of hydrogen-bond acceptors (Lipinski definition) is 8. The van der Waals surface area contributed by atoms with E-state index >= 15 is 0 Å². The van der Waals surface area contributed by atoms with Crippen molar-refractivity contribution in [1.82, 2.24) is 58.6 Å². The standard InChI is InChI=1S/2C17H12ClF3N6O/c2*1-9-6-13(17(19,20)21)25-27(9)11-4-2-10(3-5-11)8-26-14-12(23-16(26)28)7-22-15(18)24-14/h2*2-7H,8H2,1H3,(H,23,28). The van der Waals surface area contributed by atoms with Crippen LogP contribution in [0.15, 0.2) is 82.6 Å². The van der Waals surface area contributed by atoms with Crippen molar-refractivity contribution >= 4 is 45.5 Å². The number of halogens is 8. The summed E-state index contributed by atoms with van der Waals surface area (Å²) in [6, 6.07) is 15.3. The zero-order valence-electron chi connectivity index (χ0n) is 28.7. The third kappa shape index (κ3) is 7.78. The highest BCUT2D eigenvalue weighted by molar-refractivity contribution is 6.28. The van der Waals surface area contributed by atoms with E-state index in [1.165, 1.54) is 30.9 Å². The molecule has 0 saturated heterocycles. The van der Waals surface area contributed by atoms with Crippen molar-refractivity contribution in [3.8, 4) is 11.4 Å². The lowest BCUT2D eigenvalue weighted by atomic mass is 10.2. The summed E-state index contributed by atoms with van der Waals surface area (Å²) < 4.78 is 82.3. The Kier molecular flexibility index (Phi) is 9.79. The first kappa shape index (κ1) is 38.0. The van der Waals surface area contributed by atoms with Crippen molar-refractivity contribution in [2.75, 3.05) is 0 Å². The van der Waals surface area contributed by atoms with Gasteiger partial charge in [0.1, 0.15) is 11.0 Å². The zero-order valence-corrected chi connectivity index (χ0v) is 30.2. The van der Waals surface area contributed by atoms with E-state index in [0.29, 0.717) is 45.1 Å². The van der Waals surface area contributed by atoms with Gasteiger partial charge in [-0.15, -0.1) is 0 Å². The molecule has 288 valence electrons. The van der Waals surface area contributed by atoms with Gasteiger partial charge in [0.15, 0.2) is 22.7 Å². The second kappa shape index (κ2) is 14.4. The Morgan fingerprint density at radius 2 is 0.964 bits per heavy atom. The summed E-state index contributed by atoms with van der Waals surface area (Å²) in [6.07, 6.45) is -6.17. The van der Waals surface area contributed by atoms with E-state index in [4.69, 9.17) is 23.2 Å². The fraction of sp³-hybridized carbons (Fsp3) is 0.176. The number of hydrogen-bond donors (Lipinski definition) is 2. The molecule has 6 aromatic heterocycles. The number of fused-ring (bicyclic) bond motifs is 2. The van der Waals surface area contributed by atoms with Crippen LogP contribution in [0.3, 0.4) is 0 Å². The molecular formula is C34H24Cl2F6N12O2. The summed E-state index contributed by atoms with van der Waals surface area (Å²) in [5.74, 6) is 0. The maximum atomic E-state index is 12.8. The molecule has 0 saturated carbocycles. The van der Waals surface area contributed by atoms with Crippen LogP contribution in [0.25, 0.3) is 33.7 Å². The van der Waals surface area contributed by atoms with Crippen molar-refractivity contribution in [1.29, 1.82) is 0 Å². The lowest BCUT2D eigenvalue weighted by Gasteiger charge is -2.07. The molecule has 2 aromatic carbocycles. The first-order chi connectivity index (χ1) is 26.4. The first-order valence-corrected chi connectivity index (χ1v) is 16.9. The number of nitrogens with zero attached hydrogens (tertiary/aromatic N) is 10. The van der Waals surface area contributed by atoms with Crippen LogP contribution in [-0.4, -0.2) is 58.6 Å². The first-order valence-electron chi connectivity index (χ1n) is 16.1. The molecule has 0 spiro atoms. The molecule has 8 aromatic rings. The number of imidazole rings is 2. The monoisotopic (exact) mass is 816 g/mol. The van der Waals surface area contributed by atoms with E-state index in [9.17, 15) is 35.9 Å². The molecule has 0 amide bonds. The molecule has 0 radical (unpaired) electrons. The van der Waals surface area contributed by atoms with Gasteiger partial charge in [-0.1, -0.05) is 24.3 Å². The highest BCUT2D eigenvalue weighted by atomic mass is 35.5. The van der Waals surface area contributed by atoms with Gasteiger partial charge in [-0.2, -0.15) is 46.5 Å². The largest absolute Gasteiger partial charge is 0.435 e. The topological polar surface area (TPSA) is 163 Å². The molecule has 6 heterocycles. The third-order valence-electron chi connectivity index (χ3n) is 8.36. The van der Waals surface area contributed by atoms with E-state index < -0.39 is 23.7 Å². The normalized spacial score (nSPS) is 12.0. The smallest absolute Gasteiger partial charge is 0.303 e. The van der Waals surface area contributed by atoms with Crippen LogP contribution in [0.1, 0.15) is 33.9 Å². The Balaban J connectivity index is 0.000000172. The van der Waals surface area contributed by atoms with Gasteiger partial charge in [-0.3, -0.25) is 9.13 Å². The van der Waals surface area contributed by atoms with Gasteiger partial charge < -0.3 is 9.97 Å². The summed E-state index contributed by atoms with van der Waals surface area (Å²) in [5, 5.41) is 7.28. The van der Waals surface area contributed by atoms with Crippen LogP contribution in [-0.2, 0) is 25.4 Å². The number of aromatic amines is 2. The third-order valence-corrected chi connectivity index (χ3v) is 8.73. The maximum Gasteiger partial charge on any atom is 0.435 e. The summed E-state index contributed by atoms with van der Waals surface area (Å²) in [6.45, 7) is 3.51. The number of alkyl halides is 6. The minimum absolute atomic E-state index is 0.0187. The molecule has 56 heavy (non-hydrogen) atoms. The van der Waals surface area contributed by atoms with Gasteiger partial charge in [-0.05, 0) is 84.6 Å². The van der Waals surface area contributed by atoms with Gasteiger partial charge in [0.2, 0.25) is 10.6 Å². The molecule has 0 unspecified atom stereocenters. The van der Waals surface area contributed by atoms with Crippen LogP contribution in [0, 0.1) is 13.8 Å². The maximum absolute atomic E-state index is 12.8. The number of aromatic nitrogens is 12.